The van der Waals surface area contributed by atoms with Crippen LogP contribution in [-0.4, -0.2) is 4.98 Å². The third-order valence-electron chi connectivity index (χ3n) is 2.66. The van der Waals surface area contributed by atoms with Crippen molar-refractivity contribution in [1.82, 2.24) is 4.98 Å². The van der Waals surface area contributed by atoms with Gasteiger partial charge in [-0.3, -0.25) is 4.98 Å². The molecule has 2 aromatic rings. The van der Waals surface area contributed by atoms with E-state index in [2.05, 4.69) is 20.9 Å². The fourth-order valence-corrected chi connectivity index (χ4v) is 2.31. The van der Waals surface area contributed by atoms with Gasteiger partial charge in [0.1, 0.15) is 5.82 Å². The smallest absolute Gasteiger partial charge is 0.127 e. The Balaban J connectivity index is 2.21. The average molecular weight is 330 g/mol. The summed E-state index contributed by atoms with van der Waals surface area (Å²) in [7, 11) is 0. The molecule has 1 heterocycles. The maximum Gasteiger partial charge on any atom is 0.127 e. The van der Waals surface area contributed by atoms with Crippen LogP contribution in [0.2, 0.25) is 5.02 Å². The molecule has 0 amide bonds. The van der Waals surface area contributed by atoms with Crippen LogP contribution in [0.15, 0.2) is 41.1 Å². The number of pyridine rings is 1. The number of rotatable bonds is 3. The Labute approximate surface area is 118 Å². The van der Waals surface area contributed by atoms with Crippen molar-refractivity contribution in [2.24, 2.45) is 5.73 Å². The van der Waals surface area contributed by atoms with Gasteiger partial charge in [0.05, 0.1) is 5.02 Å². The molecule has 0 aliphatic heterocycles. The molecule has 0 saturated heterocycles. The van der Waals surface area contributed by atoms with Gasteiger partial charge in [-0.25, -0.2) is 4.39 Å². The maximum atomic E-state index is 13.7. The number of benzene rings is 1. The van der Waals surface area contributed by atoms with Crippen molar-refractivity contribution in [3.8, 4) is 0 Å². The number of hydrogen-bond donors (Lipinski definition) is 1. The minimum atomic E-state index is -0.351. The highest BCUT2D eigenvalue weighted by molar-refractivity contribution is 9.10. The summed E-state index contributed by atoms with van der Waals surface area (Å²) in [6.45, 7) is 0. The van der Waals surface area contributed by atoms with Crippen LogP contribution in [-0.2, 0) is 6.42 Å². The minimum absolute atomic E-state index is 0.273. The molecular weight excluding hydrogens is 319 g/mol. The molecule has 0 radical (unpaired) electrons. The number of nitrogens with two attached hydrogens (primary N) is 1. The highest BCUT2D eigenvalue weighted by Crippen LogP contribution is 2.24. The zero-order valence-corrected chi connectivity index (χ0v) is 11.7. The first-order valence-corrected chi connectivity index (χ1v) is 6.54. The molecular formula is C13H11BrClFN2. The minimum Gasteiger partial charge on any atom is -0.324 e. The molecule has 1 aromatic carbocycles. The predicted molar refractivity (Wildman–Crippen MR) is 74.0 cm³/mol. The Morgan fingerprint density at radius 3 is 2.83 bits per heavy atom. The summed E-state index contributed by atoms with van der Waals surface area (Å²) in [5.41, 5.74) is 7.38. The summed E-state index contributed by atoms with van der Waals surface area (Å²) in [4.78, 5) is 3.90. The van der Waals surface area contributed by atoms with Crippen LogP contribution in [0.25, 0.3) is 0 Å². The van der Waals surface area contributed by atoms with Gasteiger partial charge in [-0.1, -0.05) is 33.6 Å². The summed E-state index contributed by atoms with van der Waals surface area (Å²) in [6, 6.07) is 6.34. The number of hydrogen-bond acceptors (Lipinski definition) is 2. The largest absolute Gasteiger partial charge is 0.324 e. The van der Waals surface area contributed by atoms with E-state index in [9.17, 15) is 4.39 Å². The van der Waals surface area contributed by atoms with E-state index < -0.39 is 0 Å². The molecule has 2 N–H and O–H groups in total. The van der Waals surface area contributed by atoms with Crippen molar-refractivity contribution in [2.75, 3.05) is 0 Å². The number of aromatic nitrogens is 1. The zero-order valence-electron chi connectivity index (χ0n) is 9.41. The maximum absolute atomic E-state index is 13.7. The topological polar surface area (TPSA) is 38.9 Å². The fraction of sp³-hybridized carbons (Fsp3) is 0.154. The van der Waals surface area contributed by atoms with E-state index in [1.54, 1.807) is 24.4 Å². The van der Waals surface area contributed by atoms with Crippen molar-refractivity contribution in [1.29, 1.82) is 0 Å². The summed E-state index contributed by atoms with van der Waals surface area (Å²) in [6.07, 6.45) is 3.55. The standard InChI is InChI=1S/C13H11BrClFN2/c14-9-2-1-8(12(16)6-9)5-13(17)10-3-4-18-7-11(10)15/h1-4,6-7,13H,5,17H2. The van der Waals surface area contributed by atoms with Gasteiger partial charge < -0.3 is 5.73 Å². The molecule has 0 saturated carbocycles. The van der Waals surface area contributed by atoms with Crippen LogP contribution in [0.5, 0.6) is 0 Å². The second-order valence-electron chi connectivity index (χ2n) is 3.94. The molecule has 1 aromatic heterocycles. The Morgan fingerprint density at radius 1 is 1.39 bits per heavy atom. The number of halogens is 3. The van der Waals surface area contributed by atoms with E-state index in [0.717, 1.165) is 5.56 Å². The molecule has 2 rings (SSSR count). The molecule has 94 valence electrons. The second kappa shape index (κ2) is 5.78. The van der Waals surface area contributed by atoms with Gasteiger partial charge in [0.15, 0.2) is 0 Å². The van der Waals surface area contributed by atoms with Gasteiger partial charge >= 0.3 is 0 Å². The SMILES string of the molecule is NC(Cc1ccc(Br)cc1F)c1ccncc1Cl. The molecule has 0 aliphatic rings. The lowest BCUT2D eigenvalue weighted by Gasteiger charge is -2.14. The Kier molecular flexibility index (Phi) is 4.32. The van der Waals surface area contributed by atoms with Gasteiger partial charge in [-0.05, 0) is 35.7 Å². The lowest BCUT2D eigenvalue weighted by Crippen LogP contribution is -2.14. The Morgan fingerprint density at radius 2 is 2.17 bits per heavy atom. The highest BCUT2D eigenvalue weighted by Gasteiger charge is 2.13. The second-order valence-corrected chi connectivity index (χ2v) is 5.27. The summed E-state index contributed by atoms with van der Waals surface area (Å²) in [5, 5.41) is 0.502. The van der Waals surface area contributed by atoms with Gasteiger partial charge in [-0.2, -0.15) is 0 Å². The first-order chi connectivity index (χ1) is 8.58. The van der Waals surface area contributed by atoms with Crippen molar-refractivity contribution < 1.29 is 4.39 Å². The van der Waals surface area contributed by atoms with Gasteiger partial charge in [0.25, 0.3) is 0 Å². The predicted octanol–water partition coefficient (Wildman–Crippen LogP) is 3.88. The van der Waals surface area contributed by atoms with Gasteiger partial charge in [-0.15, -0.1) is 0 Å². The lowest BCUT2D eigenvalue weighted by molar-refractivity contribution is 0.592. The summed E-state index contributed by atoms with van der Waals surface area (Å²) >= 11 is 9.23. The van der Waals surface area contributed by atoms with Crippen molar-refractivity contribution in [2.45, 2.75) is 12.5 Å². The normalized spacial score (nSPS) is 12.4. The monoisotopic (exact) mass is 328 g/mol. The molecule has 5 heteroatoms. The van der Waals surface area contributed by atoms with E-state index >= 15 is 0 Å². The van der Waals surface area contributed by atoms with E-state index in [1.165, 1.54) is 12.3 Å². The Hall–Kier alpha value is -0.970. The Bertz CT molecular complexity index is 562. The van der Waals surface area contributed by atoms with E-state index in [4.69, 9.17) is 17.3 Å². The van der Waals surface area contributed by atoms with E-state index in [0.29, 0.717) is 21.5 Å². The molecule has 0 spiro atoms. The quantitative estimate of drug-likeness (QED) is 0.928. The highest BCUT2D eigenvalue weighted by atomic mass is 79.9. The summed E-state index contributed by atoms with van der Waals surface area (Å²) < 4.78 is 14.4. The fourth-order valence-electron chi connectivity index (χ4n) is 1.72. The van der Waals surface area contributed by atoms with Gasteiger partial charge in [0.2, 0.25) is 0 Å². The van der Waals surface area contributed by atoms with Crippen LogP contribution < -0.4 is 5.73 Å². The third-order valence-corrected chi connectivity index (χ3v) is 3.47. The van der Waals surface area contributed by atoms with Crippen LogP contribution in [0, 0.1) is 5.82 Å². The first kappa shape index (κ1) is 13.5. The van der Waals surface area contributed by atoms with Crippen molar-refractivity contribution >= 4 is 27.5 Å². The van der Waals surface area contributed by atoms with Crippen LogP contribution >= 0.6 is 27.5 Å². The average Bonchev–Trinajstić information content (AvgIpc) is 2.33. The molecule has 0 fully saturated rings. The van der Waals surface area contributed by atoms with Crippen molar-refractivity contribution in [3.63, 3.8) is 0 Å². The number of nitrogens with zero attached hydrogens (tertiary/aromatic N) is 1. The first-order valence-electron chi connectivity index (χ1n) is 5.37. The van der Waals surface area contributed by atoms with Crippen molar-refractivity contribution in [3.05, 3.63) is 63.1 Å². The summed E-state index contributed by atoms with van der Waals surface area (Å²) in [5.74, 6) is -0.273. The molecule has 2 nitrogen and oxygen atoms in total. The van der Waals surface area contributed by atoms with Crippen LogP contribution in [0.4, 0.5) is 4.39 Å². The van der Waals surface area contributed by atoms with Crippen LogP contribution in [0.3, 0.4) is 0 Å². The molecule has 0 aliphatic carbocycles. The lowest BCUT2D eigenvalue weighted by atomic mass is 10.0. The zero-order chi connectivity index (χ0) is 13.1. The molecule has 18 heavy (non-hydrogen) atoms. The van der Waals surface area contributed by atoms with E-state index in [-0.39, 0.29) is 11.9 Å². The van der Waals surface area contributed by atoms with Gasteiger partial charge in [0, 0.05) is 22.9 Å². The third kappa shape index (κ3) is 3.07. The van der Waals surface area contributed by atoms with Crippen LogP contribution in [0.1, 0.15) is 17.2 Å². The molecule has 1 atom stereocenters. The molecule has 1 unspecified atom stereocenters. The molecule has 0 bridgehead atoms. The van der Waals surface area contributed by atoms with E-state index in [1.807, 2.05) is 0 Å².